The number of nitrogens with one attached hydrogen (secondary N) is 1. The highest BCUT2D eigenvalue weighted by atomic mass is 35.5. The van der Waals surface area contributed by atoms with Gasteiger partial charge in [-0.25, -0.2) is 0 Å². The van der Waals surface area contributed by atoms with E-state index in [0.717, 1.165) is 0 Å². The summed E-state index contributed by atoms with van der Waals surface area (Å²) < 4.78 is 40.4. The fourth-order valence-electron chi connectivity index (χ4n) is 0.991. The Balaban J connectivity index is 2.21. The summed E-state index contributed by atoms with van der Waals surface area (Å²) in [6, 6.07) is 0.127. The molecule has 0 saturated heterocycles. The molecule has 0 aromatic carbocycles. The molecule has 0 aliphatic rings. The lowest BCUT2D eigenvalue weighted by Crippen LogP contribution is -2.11. The second-order valence-electron chi connectivity index (χ2n) is 3.09. The first-order chi connectivity index (χ1) is 7.51. The van der Waals surface area contributed by atoms with Crippen molar-refractivity contribution in [1.29, 1.82) is 0 Å². The van der Waals surface area contributed by atoms with Crippen LogP contribution in [0, 0.1) is 0 Å². The van der Waals surface area contributed by atoms with Gasteiger partial charge in [0.2, 0.25) is 5.89 Å². The van der Waals surface area contributed by atoms with Gasteiger partial charge in [0, 0.05) is 25.3 Å². The van der Waals surface area contributed by atoms with E-state index in [9.17, 15) is 13.2 Å². The van der Waals surface area contributed by atoms with Gasteiger partial charge in [0.1, 0.15) is 0 Å². The molecule has 4 nitrogen and oxygen atoms in total. The number of anilines is 1. The normalized spacial score (nSPS) is 11.8. The van der Waals surface area contributed by atoms with Crippen molar-refractivity contribution in [2.24, 2.45) is 0 Å². The molecule has 0 unspecified atom stereocenters. The van der Waals surface area contributed by atoms with Crippen LogP contribution in [0.5, 0.6) is 0 Å². The van der Waals surface area contributed by atoms with Gasteiger partial charge in [-0.15, -0.1) is 16.7 Å². The Morgan fingerprint density at radius 2 is 2.06 bits per heavy atom. The van der Waals surface area contributed by atoms with Gasteiger partial charge in [-0.05, 0) is 6.42 Å². The average molecular weight is 258 g/mol. The van der Waals surface area contributed by atoms with Crippen LogP contribution >= 0.6 is 11.6 Å². The molecule has 1 aromatic heterocycles. The lowest BCUT2D eigenvalue weighted by molar-refractivity contribution is -0.134. The second kappa shape index (κ2) is 5.93. The van der Waals surface area contributed by atoms with Crippen LogP contribution in [0.4, 0.5) is 19.2 Å². The fourth-order valence-corrected chi connectivity index (χ4v) is 1.15. The van der Waals surface area contributed by atoms with Crippen LogP contribution in [0.15, 0.2) is 4.42 Å². The molecule has 0 aliphatic carbocycles. The van der Waals surface area contributed by atoms with Gasteiger partial charge < -0.3 is 9.73 Å². The predicted octanol–water partition coefficient (Wildman–Crippen LogP) is 2.61. The fraction of sp³-hybridized carbons (Fsp3) is 0.750. The highest BCUT2D eigenvalue weighted by molar-refractivity contribution is 6.17. The third-order valence-corrected chi connectivity index (χ3v) is 1.88. The second-order valence-corrected chi connectivity index (χ2v) is 3.46. The minimum absolute atomic E-state index is 0.0310. The zero-order valence-electron chi connectivity index (χ0n) is 8.35. The summed E-state index contributed by atoms with van der Waals surface area (Å²) in [6.07, 6.45) is -4.54. The minimum Gasteiger partial charge on any atom is -0.408 e. The van der Waals surface area contributed by atoms with Crippen molar-refractivity contribution in [3.63, 3.8) is 0 Å². The first kappa shape index (κ1) is 13.1. The van der Waals surface area contributed by atoms with E-state index < -0.39 is 12.6 Å². The van der Waals surface area contributed by atoms with E-state index in [-0.39, 0.29) is 19.0 Å². The topological polar surface area (TPSA) is 51.0 Å². The molecular formula is C8H11ClF3N3O. The molecule has 0 aliphatic heterocycles. The number of nitrogens with zero attached hydrogens (tertiary/aromatic N) is 2. The molecule has 0 fully saturated rings. The summed E-state index contributed by atoms with van der Waals surface area (Å²) in [7, 11) is 0. The van der Waals surface area contributed by atoms with Crippen molar-refractivity contribution >= 4 is 17.6 Å². The number of alkyl halides is 4. The van der Waals surface area contributed by atoms with Crippen LogP contribution in [0.1, 0.15) is 18.7 Å². The zero-order chi connectivity index (χ0) is 12.0. The molecule has 1 aromatic rings. The Kier molecular flexibility index (Phi) is 4.85. The summed E-state index contributed by atoms with van der Waals surface area (Å²) in [5, 5.41) is 9.86. The van der Waals surface area contributed by atoms with Crippen molar-refractivity contribution in [1.82, 2.24) is 10.2 Å². The standard InChI is InChI=1S/C8H11ClF3N3O/c9-4-2-6-14-15-7(16-6)13-5-1-3-8(10,11)12/h1-5H2,(H,13,15). The molecule has 16 heavy (non-hydrogen) atoms. The molecule has 8 heteroatoms. The van der Waals surface area contributed by atoms with E-state index in [4.69, 9.17) is 16.0 Å². The third-order valence-electron chi connectivity index (χ3n) is 1.69. The molecule has 0 spiro atoms. The molecule has 92 valence electrons. The molecule has 0 saturated carbocycles. The van der Waals surface area contributed by atoms with Crippen LogP contribution < -0.4 is 5.32 Å². The molecule has 0 amide bonds. The maximum absolute atomic E-state index is 11.8. The van der Waals surface area contributed by atoms with Crippen LogP contribution in [-0.4, -0.2) is 28.8 Å². The summed E-state index contributed by atoms with van der Waals surface area (Å²) in [5.41, 5.74) is 0. The molecule has 1 heterocycles. The number of aryl methyl sites for hydroxylation is 1. The van der Waals surface area contributed by atoms with E-state index in [2.05, 4.69) is 15.5 Å². The summed E-state index contributed by atoms with van der Waals surface area (Å²) in [4.78, 5) is 0. The van der Waals surface area contributed by atoms with Gasteiger partial charge in [0.15, 0.2) is 0 Å². The van der Waals surface area contributed by atoms with Gasteiger partial charge in [0.05, 0.1) is 0 Å². The van der Waals surface area contributed by atoms with Gasteiger partial charge in [-0.1, -0.05) is 5.10 Å². The Labute approximate surface area is 95.2 Å². The number of aromatic nitrogens is 2. The molecule has 1 N–H and O–H groups in total. The van der Waals surface area contributed by atoms with Gasteiger partial charge >= 0.3 is 12.2 Å². The van der Waals surface area contributed by atoms with E-state index in [1.807, 2.05) is 0 Å². The van der Waals surface area contributed by atoms with Crippen LogP contribution in [0.25, 0.3) is 0 Å². The number of hydrogen-bond donors (Lipinski definition) is 1. The molecule has 0 radical (unpaired) electrons. The predicted molar refractivity (Wildman–Crippen MR) is 52.5 cm³/mol. The molecule has 1 rings (SSSR count). The van der Waals surface area contributed by atoms with E-state index in [1.54, 1.807) is 0 Å². The highest BCUT2D eigenvalue weighted by Gasteiger charge is 2.25. The summed E-state index contributed by atoms with van der Waals surface area (Å²) in [6.45, 7) is 0.141. The SMILES string of the molecule is FC(F)(F)CCCNc1nnc(CCCl)o1. The Bertz CT molecular complexity index is 316. The Morgan fingerprint density at radius 3 is 2.69 bits per heavy atom. The lowest BCUT2D eigenvalue weighted by Gasteiger charge is -2.05. The largest absolute Gasteiger partial charge is 0.408 e. The summed E-state index contributed by atoms with van der Waals surface area (Å²) >= 11 is 5.45. The average Bonchev–Trinajstić information content (AvgIpc) is 2.60. The van der Waals surface area contributed by atoms with Crippen LogP contribution in [0.2, 0.25) is 0 Å². The minimum atomic E-state index is -4.12. The summed E-state index contributed by atoms with van der Waals surface area (Å²) in [5.74, 6) is 0.726. The third kappa shape index (κ3) is 5.20. The molecule has 0 atom stereocenters. The van der Waals surface area contributed by atoms with E-state index in [0.29, 0.717) is 18.2 Å². The Morgan fingerprint density at radius 1 is 1.31 bits per heavy atom. The quantitative estimate of drug-likeness (QED) is 0.629. The van der Waals surface area contributed by atoms with Gasteiger partial charge in [0.25, 0.3) is 0 Å². The number of halogens is 4. The van der Waals surface area contributed by atoms with Crippen molar-refractivity contribution in [3.05, 3.63) is 5.89 Å². The highest BCUT2D eigenvalue weighted by Crippen LogP contribution is 2.21. The number of rotatable bonds is 6. The number of hydrogen-bond acceptors (Lipinski definition) is 4. The van der Waals surface area contributed by atoms with Crippen molar-refractivity contribution in [2.75, 3.05) is 17.7 Å². The van der Waals surface area contributed by atoms with Gasteiger partial charge in [-0.2, -0.15) is 13.2 Å². The molecular weight excluding hydrogens is 247 g/mol. The maximum Gasteiger partial charge on any atom is 0.389 e. The van der Waals surface area contributed by atoms with Gasteiger partial charge in [-0.3, -0.25) is 0 Å². The maximum atomic E-state index is 11.8. The van der Waals surface area contributed by atoms with E-state index >= 15 is 0 Å². The van der Waals surface area contributed by atoms with E-state index in [1.165, 1.54) is 0 Å². The van der Waals surface area contributed by atoms with Crippen molar-refractivity contribution in [3.8, 4) is 0 Å². The van der Waals surface area contributed by atoms with Crippen molar-refractivity contribution in [2.45, 2.75) is 25.4 Å². The van der Waals surface area contributed by atoms with Crippen LogP contribution in [0.3, 0.4) is 0 Å². The van der Waals surface area contributed by atoms with Crippen molar-refractivity contribution < 1.29 is 17.6 Å². The molecule has 0 bridgehead atoms. The van der Waals surface area contributed by atoms with Crippen LogP contribution in [-0.2, 0) is 6.42 Å². The lowest BCUT2D eigenvalue weighted by atomic mass is 10.3. The Hall–Kier alpha value is -0.980. The first-order valence-electron chi connectivity index (χ1n) is 4.70. The monoisotopic (exact) mass is 257 g/mol. The smallest absolute Gasteiger partial charge is 0.389 e. The zero-order valence-corrected chi connectivity index (χ0v) is 9.11. The first-order valence-corrected chi connectivity index (χ1v) is 5.23.